The summed E-state index contributed by atoms with van der Waals surface area (Å²) in [7, 11) is 0. The van der Waals surface area contributed by atoms with Crippen molar-refractivity contribution >= 4 is 6.41 Å². The summed E-state index contributed by atoms with van der Waals surface area (Å²) >= 11 is 0. The molecule has 2 rings (SSSR count). The third-order valence-electron chi connectivity index (χ3n) is 3.21. The standard InChI is InChI=1S/C19H21NO2/c21-17-20(15-18-9-3-1-4-10-18)13-7-8-14-22-16-19-11-5-2-6-12-19/h1-12,17H,13-16H2. The fourth-order valence-corrected chi connectivity index (χ4v) is 2.06. The molecular formula is C19H21NO2. The van der Waals surface area contributed by atoms with Gasteiger partial charge in [0.25, 0.3) is 0 Å². The van der Waals surface area contributed by atoms with E-state index in [0.717, 1.165) is 17.5 Å². The Morgan fingerprint density at radius 1 is 0.864 bits per heavy atom. The minimum atomic E-state index is 0.549. The third-order valence-corrected chi connectivity index (χ3v) is 3.21. The molecule has 2 aromatic rings. The number of amides is 1. The van der Waals surface area contributed by atoms with Gasteiger partial charge < -0.3 is 9.64 Å². The first-order valence-corrected chi connectivity index (χ1v) is 7.38. The largest absolute Gasteiger partial charge is 0.373 e. The molecule has 0 radical (unpaired) electrons. The maximum absolute atomic E-state index is 11.1. The Balaban J connectivity index is 1.66. The highest BCUT2D eigenvalue weighted by molar-refractivity contribution is 5.47. The summed E-state index contributed by atoms with van der Waals surface area (Å²) < 4.78 is 5.56. The summed E-state index contributed by atoms with van der Waals surface area (Å²) in [5.74, 6) is 0. The summed E-state index contributed by atoms with van der Waals surface area (Å²) in [4.78, 5) is 12.8. The maximum Gasteiger partial charge on any atom is 0.210 e. The SMILES string of the molecule is O=CN(CC=CCOCc1ccccc1)Cc1ccccc1. The molecule has 0 saturated heterocycles. The second kappa shape index (κ2) is 9.53. The van der Waals surface area contributed by atoms with E-state index in [0.29, 0.717) is 26.3 Å². The van der Waals surface area contributed by atoms with Crippen molar-refractivity contribution in [3.05, 3.63) is 83.9 Å². The van der Waals surface area contributed by atoms with Crippen molar-refractivity contribution in [3.63, 3.8) is 0 Å². The highest BCUT2D eigenvalue weighted by Gasteiger charge is 1.99. The highest BCUT2D eigenvalue weighted by Crippen LogP contribution is 2.03. The molecule has 0 aliphatic carbocycles. The minimum Gasteiger partial charge on any atom is -0.373 e. The van der Waals surface area contributed by atoms with Crippen LogP contribution in [0.4, 0.5) is 0 Å². The van der Waals surface area contributed by atoms with Gasteiger partial charge in [-0.15, -0.1) is 0 Å². The molecule has 0 saturated carbocycles. The lowest BCUT2D eigenvalue weighted by Gasteiger charge is -2.15. The van der Waals surface area contributed by atoms with Gasteiger partial charge in [-0.1, -0.05) is 72.8 Å². The van der Waals surface area contributed by atoms with E-state index in [2.05, 4.69) is 0 Å². The number of nitrogens with zero attached hydrogens (tertiary/aromatic N) is 1. The molecule has 3 nitrogen and oxygen atoms in total. The zero-order valence-corrected chi connectivity index (χ0v) is 12.6. The first-order valence-electron chi connectivity index (χ1n) is 7.38. The number of ether oxygens (including phenoxy) is 1. The fourth-order valence-electron chi connectivity index (χ4n) is 2.06. The van der Waals surface area contributed by atoms with Crippen LogP contribution in [0, 0.1) is 0 Å². The molecule has 0 atom stereocenters. The van der Waals surface area contributed by atoms with Crippen molar-refractivity contribution in [3.8, 4) is 0 Å². The van der Waals surface area contributed by atoms with E-state index in [-0.39, 0.29) is 0 Å². The second-order valence-corrected chi connectivity index (χ2v) is 4.99. The summed E-state index contributed by atoms with van der Waals surface area (Å²) in [6.07, 6.45) is 4.79. The zero-order valence-electron chi connectivity index (χ0n) is 12.6. The lowest BCUT2D eigenvalue weighted by molar-refractivity contribution is -0.118. The van der Waals surface area contributed by atoms with Crippen LogP contribution in [0.25, 0.3) is 0 Å². The van der Waals surface area contributed by atoms with Crippen molar-refractivity contribution in [2.75, 3.05) is 13.2 Å². The van der Waals surface area contributed by atoms with Crippen LogP contribution >= 0.6 is 0 Å². The molecule has 0 aliphatic heterocycles. The molecule has 0 heterocycles. The molecule has 0 unspecified atom stereocenters. The Labute approximate surface area is 131 Å². The smallest absolute Gasteiger partial charge is 0.210 e. The quantitative estimate of drug-likeness (QED) is 0.403. The van der Waals surface area contributed by atoms with Crippen LogP contribution in [0.15, 0.2) is 72.8 Å². The molecule has 1 amide bonds. The number of carbonyl (C=O) groups excluding carboxylic acids is 1. The van der Waals surface area contributed by atoms with E-state index in [1.165, 1.54) is 0 Å². The molecule has 114 valence electrons. The molecule has 0 spiro atoms. The van der Waals surface area contributed by atoms with Crippen molar-refractivity contribution in [2.24, 2.45) is 0 Å². The maximum atomic E-state index is 11.1. The van der Waals surface area contributed by atoms with Gasteiger partial charge in [0, 0.05) is 13.1 Å². The van der Waals surface area contributed by atoms with E-state index >= 15 is 0 Å². The van der Waals surface area contributed by atoms with Gasteiger partial charge in [-0.25, -0.2) is 0 Å². The van der Waals surface area contributed by atoms with Crippen molar-refractivity contribution < 1.29 is 9.53 Å². The number of benzene rings is 2. The number of hydrogen-bond acceptors (Lipinski definition) is 2. The van der Waals surface area contributed by atoms with Gasteiger partial charge in [-0.3, -0.25) is 4.79 Å². The minimum absolute atomic E-state index is 0.549. The Morgan fingerprint density at radius 2 is 1.50 bits per heavy atom. The zero-order chi connectivity index (χ0) is 15.5. The van der Waals surface area contributed by atoms with Crippen LogP contribution in [-0.2, 0) is 22.7 Å². The summed E-state index contributed by atoms with van der Waals surface area (Å²) in [6, 6.07) is 20.0. The summed E-state index contributed by atoms with van der Waals surface area (Å²) in [5.41, 5.74) is 2.29. The van der Waals surface area contributed by atoms with Crippen LogP contribution in [-0.4, -0.2) is 24.5 Å². The Morgan fingerprint density at radius 3 is 2.14 bits per heavy atom. The van der Waals surface area contributed by atoms with Gasteiger partial charge in [0.2, 0.25) is 6.41 Å². The first kappa shape index (κ1) is 16.0. The van der Waals surface area contributed by atoms with Crippen LogP contribution in [0.1, 0.15) is 11.1 Å². The Bertz CT molecular complexity index is 567. The molecule has 0 bridgehead atoms. The third kappa shape index (κ3) is 5.94. The predicted octanol–water partition coefficient (Wildman–Crippen LogP) is 3.42. The van der Waals surface area contributed by atoms with Gasteiger partial charge in [0.1, 0.15) is 0 Å². The van der Waals surface area contributed by atoms with E-state index in [1.807, 2.05) is 72.8 Å². The van der Waals surface area contributed by atoms with Gasteiger partial charge in [-0.2, -0.15) is 0 Å². The fraction of sp³-hybridized carbons (Fsp3) is 0.211. The molecule has 0 N–H and O–H groups in total. The van der Waals surface area contributed by atoms with Gasteiger partial charge in [0.15, 0.2) is 0 Å². The molecule has 0 aromatic heterocycles. The van der Waals surface area contributed by atoms with Crippen LogP contribution in [0.5, 0.6) is 0 Å². The lowest BCUT2D eigenvalue weighted by Crippen LogP contribution is -2.21. The van der Waals surface area contributed by atoms with E-state index in [4.69, 9.17) is 4.74 Å². The van der Waals surface area contributed by atoms with Crippen molar-refractivity contribution in [1.82, 2.24) is 4.90 Å². The normalized spacial score (nSPS) is 10.7. The van der Waals surface area contributed by atoms with Crippen LogP contribution < -0.4 is 0 Å². The van der Waals surface area contributed by atoms with Crippen molar-refractivity contribution in [1.29, 1.82) is 0 Å². The van der Waals surface area contributed by atoms with E-state index < -0.39 is 0 Å². The molecular weight excluding hydrogens is 274 g/mol. The molecule has 0 aliphatic rings. The number of hydrogen-bond donors (Lipinski definition) is 0. The Kier molecular flexibility index (Phi) is 6.93. The Hall–Kier alpha value is -2.39. The molecule has 2 aromatic carbocycles. The highest BCUT2D eigenvalue weighted by atomic mass is 16.5. The summed E-state index contributed by atoms with van der Waals surface area (Å²) in [5, 5.41) is 0. The summed E-state index contributed by atoms with van der Waals surface area (Å²) in [6.45, 7) is 2.37. The van der Waals surface area contributed by atoms with E-state index in [9.17, 15) is 4.79 Å². The molecule has 0 fully saturated rings. The van der Waals surface area contributed by atoms with Crippen LogP contribution in [0.3, 0.4) is 0 Å². The molecule has 3 heteroatoms. The average Bonchev–Trinajstić information content (AvgIpc) is 2.58. The number of carbonyl (C=O) groups is 1. The topological polar surface area (TPSA) is 29.5 Å². The first-order chi connectivity index (χ1) is 10.9. The van der Waals surface area contributed by atoms with Gasteiger partial charge >= 0.3 is 0 Å². The average molecular weight is 295 g/mol. The van der Waals surface area contributed by atoms with Crippen LogP contribution in [0.2, 0.25) is 0 Å². The second-order valence-electron chi connectivity index (χ2n) is 4.99. The lowest BCUT2D eigenvalue weighted by atomic mass is 10.2. The number of rotatable bonds is 9. The van der Waals surface area contributed by atoms with Crippen molar-refractivity contribution in [2.45, 2.75) is 13.2 Å². The molecule has 22 heavy (non-hydrogen) atoms. The predicted molar refractivity (Wildman–Crippen MR) is 88.2 cm³/mol. The van der Waals surface area contributed by atoms with E-state index in [1.54, 1.807) is 4.90 Å². The van der Waals surface area contributed by atoms with Gasteiger partial charge in [0.05, 0.1) is 13.2 Å². The van der Waals surface area contributed by atoms with Gasteiger partial charge in [-0.05, 0) is 11.1 Å². The monoisotopic (exact) mass is 295 g/mol.